The van der Waals surface area contributed by atoms with Crippen LogP contribution in [0.25, 0.3) is 0 Å². The summed E-state index contributed by atoms with van der Waals surface area (Å²) in [5, 5.41) is 13.9. The summed E-state index contributed by atoms with van der Waals surface area (Å²) in [5.74, 6) is 0. The van der Waals surface area contributed by atoms with E-state index < -0.39 is 0 Å². The summed E-state index contributed by atoms with van der Waals surface area (Å²) in [6.45, 7) is 2.15. The van der Waals surface area contributed by atoms with Gasteiger partial charge in [-0.25, -0.2) is 0 Å². The highest BCUT2D eigenvalue weighted by atomic mass is 35.5. The Kier molecular flexibility index (Phi) is 4.43. The summed E-state index contributed by atoms with van der Waals surface area (Å²) in [6.07, 6.45) is 3.83. The Labute approximate surface area is 108 Å². The molecule has 1 atom stereocenters. The SMILES string of the molecule is C[C@H](NC1CCC(O)CC1)c1ccccc1Cl. The van der Waals surface area contributed by atoms with E-state index >= 15 is 0 Å². The predicted molar refractivity (Wildman–Crippen MR) is 71.3 cm³/mol. The lowest BCUT2D eigenvalue weighted by Gasteiger charge is -2.29. The van der Waals surface area contributed by atoms with Crippen molar-refractivity contribution in [1.29, 1.82) is 0 Å². The van der Waals surface area contributed by atoms with Gasteiger partial charge >= 0.3 is 0 Å². The zero-order valence-corrected chi connectivity index (χ0v) is 11.0. The van der Waals surface area contributed by atoms with Gasteiger partial charge in [-0.2, -0.15) is 0 Å². The Bertz CT molecular complexity index is 361. The minimum Gasteiger partial charge on any atom is -0.393 e. The summed E-state index contributed by atoms with van der Waals surface area (Å²) in [7, 11) is 0. The van der Waals surface area contributed by atoms with Crippen LogP contribution in [0, 0.1) is 0 Å². The van der Waals surface area contributed by atoms with Crippen LogP contribution in [0.1, 0.15) is 44.2 Å². The van der Waals surface area contributed by atoms with E-state index in [1.807, 2.05) is 18.2 Å². The molecule has 2 nitrogen and oxygen atoms in total. The van der Waals surface area contributed by atoms with Gasteiger partial charge in [-0.1, -0.05) is 29.8 Å². The van der Waals surface area contributed by atoms with Gasteiger partial charge in [0, 0.05) is 17.1 Å². The van der Waals surface area contributed by atoms with Gasteiger partial charge in [0.05, 0.1) is 6.10 Å². The molecule has 3 heteroatoms. The predicted octanol–water partition coefficient (Wildman–Crippen LogP) is 3.29. The first kappa shape index (κ1) is 12.9. The minimum absolute atomic E-state index is 0.0938. The summed E-state index contributed by atoms with van der Waals surface area (Å²) in [4.78, 5) is 0. The lowest BCUT2D eigenvalue weighted by Crippen LogP contribution is -2.36. The van der Waals surface area contributed by atoms with Crippen molar-refractivity contribution >= 4 is 11.6 Å². The van der Waals surface area contributed by atoms with Crippen LogP contribution < -0.4 is 5.32 Å². The Balaban J connectivity index is 1.93. The molecule has 0 unspecified atom stereocenters. The fourth-order valence-corrected chi connectivity index (χ4v) is 2.81. The Morgan fingerprint density at radius 2 is 1.88 bits per heavy atom. The van der Waals surface area contributed by atoms with Crippen molar-refractivity contribution in [3.63, 3.8) is 0 Å². The number of rotatable bonds is 3. The van der Waals surface area contributed by atoms with Crippen molar-refractivity contribution in [2.45, 2.75) is 50.8 Å². The molecule has 0 amide bonds. The van der Waals surface area contributed by atoms with Crippen LogP contribution in [0.5, 0.6) is 0 Å². The number of hydrogen-bond acceptors (Lipinski definition) is 2. The molecule has 94 valence electrons. The highest BCUT2D eigenvalue weighted by molar-refractivity contribution is 6.31. The molecule has 2 N–H and O–H groups in total. The fraction of sp³-hybridized carbons (Fsp3) is 0.571. The highest BCUT2D eigenvalue weighted by Crippen LogP contribution is 2.25. The Morgan fingerprint density at radius 1 is 1.24 bits per heavy atom. The lowest BCUT2D eigenvalue weighted by molar-refractivity contribution is 0.114. The van der Waals surface area contributed by atoms with Crippen molar-refractivity contribution in [1.82, 2.24) is 5.32 Å². The maximum Gasteiger partial charge on any atom is 0.0541 e. The Morgan fingerprint density at radius 3 is 2.53 bits per heavy atom. The molecule has 1 saturated carbocycles. The van der Waals surface area contributed by atoms with Crippen molar-refractivity contribution in [3.05, 3.63) is 34.9 Å². The second-order valence-corrected chi connectivity index (χ2v) is 5.32. The first-order chi connectivity index (χ1) is 8.16. The van der Waals surface area contributed by atoms with E-state index in [1.54, 1.807) is 0 Å². The minimum atomic E-state index is -0.0938. The third kappa shape index (κ3) is 3.44. The molecule has 0 radical (unpaired) electrons. The Hall–Kier alpha value is -0.570. The van der Waals surface area contributed by atoms with Gasteiger partial charge in [-0.3, -0.25) is 0 Å². The van der Waals surface area contributed by atoms with Crippen LogP contribution in [-0.2, 0) is 0 Å². The largest absolute Gasteiger partial charge is 0.393 e. The number of benzene rings is 1. The standard InChI is InChI=1S/C14H20ClNO/c1-10(13-4-2-3-5-14(13)15)16-11-6-8-12(17)9-7-11/h2-5,10-12,16-17H,6-9H2,1H3/t10-,11?,12?/m0/s1. The number of halogens is 1. The third-order valence-electron chi connectivity index (χ3n) is 3.55. The summed E-state index contributed by atoms with van der Waals surface area (Å²) < 4.78 is 0. The molecule has 1 aliphatic rings. The van der Waals surface area contributed by atoms with Gasteiger partial charge in [0.25, 0.3) is 0 Å². The monoisotopic (exact) mass is 253 g/mol. The third-order valence-corrected chi connectivity index (χ3v) is 3.90. The molecule has 1 aromatic rings. The first-order valence-corrected chi connectivity index (χ1v) is 6.73. The molecule has 0 aromatic heterocycles. The van der Waals surface area contributed by atoms with Crippen molar-refractivity contribution in [3.8, 4) is 0 Å². The molecular weight excluding hydrogens is 234 g/mol. The number of nitrogens with one attached hydrogen (secondary N) is 1. The smallest absolute Gasteiger partial charge is 0.0541 e. The van der Waals surface area contributed by atoms with Gasteiger partial charge in [0.1, 0.15) is 0 Å². The summed E-state index contributed by atoms with van der Waals surface area (Å²) >= 11 is 6.18. The van der Waals surface area contributed by atoms with Crippen molar-refractivity contribution in [2.24, 2.45) is 0 Å². The molecule has 0 saturated heterocycles. The van der Waals surface area contributed by atoms with Crippen LogP contribution >= 0.6 is 11.6 Å². The molecule has 2 rings (SSSR count). The number of aliphatic hydroxyl groups excluding tert-OH is 1. The molecule has 0 bridgehead atoms. The molecule has 0 heterocycles. The molecule has 1 aromatic carbocycles. The normalized spacial score (nSPS) is 26.8. The van der Waals surface area contributed by atoms with Crippen LogP contribution in [0.15, 0.2) is 24.3 Å². The first-order valence-electron chi connectivity index (χ1n) is 6.35. The highest BCUT2D eigenvalue weighted by Gasteiger charge is 2.21. The maximum absolute atomic E-state index is 9.47. The van der Waals surface area contributed by atoms with Crippen LogP contribution in [0.4, 0.5) is 0 Å². The zero-order valence-electron chi connectivity index (χ0n) is 10.2. The molecule has 1 aliphatic carbocycles. The number of hydrogen-bond donors (Lipinski definition) is 2. The van der Waals surface area contributed by atoms with E-state index in [0.717, 1.165) is 36.3 Å². The molecule has 0 spiro atoms. The average molecular weight is 254 g/mol. The van der Waals surface area contributed by atoms with E-state index in [9.17, 15) is 5.11 Å². The molecule has 17 heavy (non-hydrogen) atoms. The summed E-state index contributed by atoms with van der Waals surface area (Å²) in [6, 6.07) is 8.74. The van der Waals surface area contributed by atoms with Crippen LogP contribution in [-0.4, -0.2) is 17.3 Å². The second kappa shape index (κ2) is 5.85. The lowest BCUT2D eigenvalue weighted by atomic mass is 9.92. The summed E-state index contributed by atoms with van der Waals surface area (Å²) in [5.41, 5.74) is 1.15. The van der Waals surface area contributed by atoms with E-state index in [0.29, 0.717) is 6.04 Å². The fourth-order valence-electron chi connectivity index (χ4n) is 2.51. The van der Waals surface area contributed by atoms with E-state index in [-0.39, 0.29) is 12.1 Å². The van der Waals surface area contributed by atoms with Gasteiger partial charge in [0.15, 0.2) is 0 Å². The van der Waals surface area contributed by atoms with Gasteiger partial charge in [-0.05, 0) is 44.2 Å². The van der Waals surface area contributed by atoms with Gasteiger partial charge < -0.3 is 10.4 Å². The molecule has 1 fully saturated rings. The molecule has 0 aliphatic heterocycles. The van der Waals surface area contributed by atoms with Crippen molar-refractivity contribution < 1.29 is 5.11 Å². The average Bonchev–Trinajstić information content (AvgIpc) is 2.32. The maximum atomic E-state index is 9.47. The molecular formula is C14H20ClNO. The van der Waals surface area contributed by atoms with E-state index in [1.165, 1.54) is 0 Å². The quantitative estimate of drug-likeness (QED) is 0.867. The number of aliphatic hydroxyl groups is 1. The van der Waals surface area contributed by atoms with Crippen LogP contribution in [0.2, 0.25) is 5.02 Å². The van der Waals surface area contributed by atoms with Gasteiger partial charge in [0.2, 0.25) is 0 Å². The van der Waals surface area contributed by atoms with Crippen molar-refractivity contribution in [2.75, 3.05) is 0 Å². The van der Waals surface area contributed by atoms with Crippen LogP contribution in [0.3, 0.4) is 0 Å². The van der Waals surface area contributed by atoms with Gasteiger partial charge in [-0.15, -0.1) is 0 Å². The second-order valence-electron chi connectivity index (χ2n) is 4.92. The van der Waals surface area contributed by atoms with E-state index in [2.05, 4.69) is 18.3 Å². The zero-order chi connectivity index (χ0) is 12.3. The van der Waals surface area contributed by atoms with E-state index in [4.69, 9.17) is 11.6 Å². The topological polar surface area (TPSA) is 32.3 Å².